The Bertz CT molecular complexity index is 5790. The molecule has 0 spiro atoms. The third-order valence-corrected chi connectivity index (χ3v) is 26.4. The number of likely N-dealkylation sites (tertiary alicyclic amines) is 3. The van der Waals surface area contributed by atoms with Crippen LogP contribution in [0.25, 0.3) is 0 Å². The highest BCUT2D eigenvalue weighted by Crippen LogP contribution is 2.37. The Kier molecular flexibility index (Phi) is 44.3. The number of halogens is 22. The van der Waals surface area contributed by atoms with Gasteiger partial charge in [-0.2, -0.15) is 91.3 Å². The lowest BCUT2D eigenvalue weighted by atomic mass is 10.1. The Morgan fingerprint density at radius 3 is 0.980 bits per heavy atom. The molecule has 54 heteroatoms. The number of carbonyl (C=O) groups is 5. The number of nitrogens with one attached hydrogen (secondary N) is 5. The standard InChI is InChI=1S/C20H25ClF3N5O2.2C19H22ClF4N5O.C19H23ClF3N5O2.C19H25F4N5O/c1-31-13-4-3-7-28(11-13)8-9-29(12-14-15(21)5-2-6-16(14)25)19(30)17-10-18(27-26-17)20(22,23)24;20-14-4-1-5-15(25)13(14)11-29(8-7-28-6-2-3-12(21)10-28)18(30)16-9-17(27-26-16)19(22,23)24;20-14-2-1-3-15(25)13(14)11-29(9-8-28-6-4-12(21)5-7-28)18(30)16-10-17(27-26-16)19(22,23)24;20-14-3-1-4-15(24)13(14)12-28(7-6-27-5-2-9-30-10-8-27)18(29)16-11-17(26-25-16)19(21,22)23;1-3-8-27(4-2)9-10-28(12-13-14(20)6-5-7-15(13)24)18(29)16-11-17(26-25-16)19(21,22)23/h2,5-6,10,13H,3-4,7-9,11-12,25H2,1H3,(H,26,27);1,4-5,9,12H,2-3,6-8,10-11,25H2,(H,26,27);1-3,10,12H,4-9,11,25H2,(H,26,27);1,3-4,11H,2,5-10,12,24H2,(H,25,26);5-7,11H,3-4,8-10,12,24H2,1-2H3,(H,25,26). The van der Waals surface area contributed by atoms with Crippen LogP contribution < -0.4 is 28.7 Å². The number of ether oxygens (including phenoxy) is 2. The van der Waals surface area contributed by atoms with Crippen molar-refractivity contribution in [3.63, 3.8) is 0 Å². The predicted molar refractivity (Wildman–Crippen MR) is 528 cm³/mol. The number of nitrogen functional groups attached to an aromatic ring is 5. The Morgan fingerprint density at radius 2 is 0.673 bits per heavy atom. The van der Waals surface area contributed by atoms with Gasteiger partial charge in [-0.1, -0.05) is 90.6 Å². The lowest BCUT2D eigenvalue weighted by molar-refractivity contribution is -0.142. The molecule has 4 saturated heterocycles. The molecular formula is C96H117Cl4F18N25O7. The van der Waals surface area contributed by atoms with Gasteiger partial charge in [0.15, 0.2) is 28.5 Å². The maximum atomic E-state index is 14.2. The topological polar surface area (TPSA) is 410 Å². The van der Waals surface area contributed by atoms with E-state index < -0.39 is 107 Å². The van der Waals surface area contributed by atoms with Crippen molar-refractivity contribution in [1.29, 1.82) is 0 Å². The van der Waals surface area contributed by atoms with Crippen LogP contribution in [-0.2, 0) is 73.1 Å². The lowest BCUT2D eigenvalue weighted by Crippen LogP contribution is -2.44. The highest BCUT2D eigenvalue weighted by molar-refractivity contribution is 6.33. The van der Waals surface area contributed by atoms with E-state index in [4.69, 9.17) is 84.5 Å². The second kappa shape index (κ2) is 55.4. The van der Waals surface area contributed by atoms with Gasteiger partial charge in [0.1, 0.15) is 46.6 Å². The summed E-state index contributed by atoms with van der Waals surface area (Å²) in [6, 6.07) is 27.4. The molecule has 9 heterocycles. The van der Waals surface area contributed by atoms with Crippen molar-refractivity contribution in [3.8, 4) is 0 Å². The van der Waals surface area contributed by atoms with Crippen LogP contribution in [0.4, 0.5) is 107 Å². The summed E-state index contributed by atoms with van der Waals surface area (Å²) in [5.74, 6) is -3.96. The molecule has 5 aromatic carbocycles. The first kappa shape index (κ1) is 120. The van der Waals surface area contributed by atoms with Gasteiger partial charge in [0.25, 0.3) is 29.5 Å². The molecule has 5 amide bonds. The Morgan fingerprint density at radius 1 is 0.373 bits per heavy atom. The summed E-state index contributed by atoms with van der Waals surface area (Å²) in [6.45, 7) is 15.4. The molecule has 2 atom stereocenters. The van der Waals surface area contributed by atoms with Crippen molar-refractivity contribution < 1.29 is 112 Å². The van der Waals surface area contributed by atoms with Gasteiger partial charge in [-0.3, -0.25) is 64.2 Å². The molecule has 150 heavy (non-hydrogen) atoms. The summed E-state index contributed by atoms with van der Waals surface area (Å²) < 4.78 is 245. The first-order chi connectivity index (χ1) is 70.9. The molecule has 10 aromatic rings. The first-order valence-electron chi connectivity index (χ1n) is 47.6. The number of likely N-dealkylation sites (N-methyl/N-ethyl adjacent to an activating group) is 1. The fraction of sp³-hybridized carbons (Fsp3) is 0.479. The second-order valence-corrected chi connectivity index (χ2v) is 37.2. The minimum atomic E-state index is -4.65. The van der Waals surface area contributed by atoms with Gasteiger partial charge in [0, 0.05) is 251 Å². The van der Waals surface area contributed by atoms with E-state index in [-0.39, 0.29) is 118 Å². The zero-order chi connectivity index (χ0) is 110. The smallest absolute Gasteiger partial charge is 0.398 e. The number of anilines is 5. The van der Waals surface area contributed by atoms with Crippen LogP contribution in [0.3, 0.4) is 0 Å². The number of alkyl halides is 17. The summed E-state index contributed by atoms with van der Waals surface area (Å²) in [7, 11) is 1.67. The van der Waals surface area contributed by atoms with Crippen LogP contribution in [-0.4, -0.2) is 299 Å². The fourth-order valence-corrected chi connectivity index (χ4v) is 17.4. The molecule has 822 valence electrons. The molecule has 0 saturated carbocycles. The number of carbonyl (C=O) groups excluding carboxylic acids is 5. The molecule has 0 aliphatic carbocycles. The third kappa shape index (κ3) is 35.6. The SMILES string of the molecule is CCCN(CC)CCN(Cc1c(N)cccc1F)C(=O)c1cc(C(F)(F)F)[nH]n1.COC1CCCN(CCN(Cc2c(N)cccc2Cl)C(=O)c2cc(C(F)(F)F)[nH]n2)C1.Nc1cccc(Cl)c1CN(CCN1CCC(F)CC1)C(=O)c1cc(C(F)(F)F)[nH]n1.Nc1cccc(Cl)c1CN(CCN1CCCC(F)C1)C(=O)c1cc(C(F)(F)F)[nH]n1.Nc1cccc(Cl)c1CN(CCN1CCCOCC1)C(=O)c1cc(C(F)(F)F)[nH]n1. The van der Waals surface area contributed by atoms with Crippen LogP contribution in [0.2, 0.25) is 20.1 Å². The minimum Gasteiger partial charge on any atom is -0.398 e. The van der Waals surface area contributed by atoms with E-state index >= 15 is 0 Å². The zero-order valence-electron chi connectivity index (χ0n) is 81.8. The van der Waals surface area contributed by atoms with Crippen LogP contribution >= 0.6 is 46.4 Å². The van der Waals surface area contributed by atoms with Gasteiger partial charge >= 0.3 is 30.9 Å². The Hall–Kier alpha value is -11.9. The Balaban J connectivity index is 0.000000192. The number of H-pyrrole nitrogens is 5. The number of piperidine rings is 3. The first-order valence-corrected chi connectivity index (χ1v) is 49.2. The van der Waals surface area contributed by atoms with E-state index in [0.29, 0.717) is 187 Å². The number of amides is 5. The van der Waals surface area contributed by atoms with Crippen LogP contribution in [0.1, 0.15) is 174 Å². The number of benzene rings is 5. The Labute approximate surface area is 871 Å². The summed E-state index contributed by atoms with van der Waals surface area (Å²) in [5.41, 5.74) is 26.5. The van der Waals surface area contributed by atoms with Crippen LogP contribution in [0.15, 0.2) is 121 Å². The predicted octanol–water partition coefficient (Wildman–Crippen LogP) is 17.5. The van der Waals surface area contributed by atoms with Crippen molar-refractivity contribution in [1.82, 2.24) is 100.0 Å². The average Bonchev–Trinajstić information content (AvgIpc) is 1.70. The number of hydrogen-bond donors (Lipinski definition) is 10. The molecule has 5 aromatic heterocycles. The second-order valence-electron chi connectivity index (χ2n) is 35.6. The number of aromatic amines is 5. The molecule has 14 rings (SSSR count). The van der Waals surface area contributed by atoms with Crippen molar-refractivity contribution in [2.24, 2.45) is 0 Å². The number of hydrogen-bond acceptors (Lipinski definition) is 22. The normalized spacial score (nSPS) is 15.9. The summed E-state index contributed by atoms with van der Waals surface area (Å²) in [6.07, 6.45) is -19.0. The average molecular weight is 2220 g/mol. The van der Waals surface area contributed by atoms with Gasteiger partial charge in [-0.05, 0) is 138 Å². The summed E-state index contributed by atoms with van der Waals surface area (Å²) in [4.78, 5) is 81.9. The molecule has 15 N–H and O–H groups in total. The van der Waals surface area contributed by atoms with E-state index in [0.717, 1.165) is 65.0 Å². The molecular weight excluding hydrogens is 2100 g/mol. The van der Waals surface area contributed by atoms with Crippen LogP contribution in [0.5, 0.6) is 0 Å². The maximum Gasteiger partial charge on any atom is 0.432 e. The molecule has 4 aliphatic heterocycles. The monoisotopic (exact) mass is 2210 g/mol. The lowest BCUT2D eigenvalue weighted by Gasteiger charge is -2.33. The molecule has 0 bridgehead atoms. The molecule has 4 fully saturated rings. The number of aromatic nitrogens is 10. The zero-order valence-corrected chi connectivity index (χ0v) is 84.8. The van der Waals surface area contributed by atoms with Gasteiger partial charge in [0.05, 0.1) is 19.3 Å². The number of nitrogens with zero attached hydrogens (tertiary/aromatic N) is 15. The van der Waals surface area contributed by atoms with Crippen LogP contribution in [0, 0.1) is 5.82 Å². The number of nitrogens with two attached hydrogens (primary N) is 5. The number of methoxy groups -OCH3 is 1. The number of rotatable bonds is 34. The van der Waals surface area contributed by atoms with Gasteiger partial charge in [0.2, 0.25) is 0 Å². The molecule has 4 aliphatic rings. The summed E-state index contributed by atoms with van der Waals surface area (Å²) >= 11 is 24.9. The quantitative estimate of drug-likeness (QED) is 0.0132. The largest absolute Gasteiger partial charge is 0.432 e. The van der Waals surface area contributed by atoms with Crippen molar-refractivity contribution in [2.75, 3.05) is 180 Å². The van der Waals surface area contributed by atoms with E-state index in [1.54, 1.807) is 79.9 Å². The van der Waals surface area contributed by atoms with Gasteiger partial charge in [-0.15, -0.1) is 0 Å². The summed E-state index contributed by atoms with van der Waals surface area (Å²) in [5, 5.41) is 28.5. The van der Waals surface area contributed by atoms with Crippen molar-refractivity contribution in [3.05, 3.63) is 232 Å². The van der Waals surface area contributed by atoms with E-state index in [9.17, 15) is 103 Å². The van der Waals surface area contributed by atoms with E-state index in [1.807, 2.05) is 49.1 Å². The fourth-order valence-electron chi connectivity index (χ4n) is 16.4. The third-order valence-electron chi connectivity index (χ3n) is 25.0. The van der Waals surface area contributed by atoms with Gasteiger partial charge < -0.3 is 72.4 Å². The van der Waals surface area contributed by atoms with Crippen molar-refractivity contribution >= 4 is 104 Å². The van der Waals surface area contributed by atoms with E-state index in [2.05, 4.69) is 40.2 Å². The maximum absolute atomic E-state index is 14.2. The van der Waals surface area contributed by atoms with Gasteiger partial charge in [-0.25, -0.2) is 13.2 Å². The van der Waals surface area contributed by atoms with Crippen molar-refractivity contribution in [2.45, 2.75) is 147 Å². The molecule has 0 radical (unpaired) electrons. The van der Waals surface area contributed by atoms with E-state index in [1.165, 1.54) is 42.7 Å². The minimum absolute atomic E-state index is 0.00849. The molecule has 32 nitrogen and oxygen atoms in total. The highest BCUT2D eigenvalue weighted by Gasteiger charge is 2.41. The highest BCUT2D eigenvalue weighted by atomic mass is 35.5. The molecule has 2 unspecified atom stereocenters.